The lowest BCUT2D eigenvalue weighted by Crippen LogP contribution is -2.00. The summed E-state index contributed by atoms with van der Waals surface area (Å²) in [5, 5.41) is 14.5. The SMILES string of the molecule is CCc1nsc(NCc2cccc([N+](=O)[O-])c2)n1. The first-order valence-electron chi connectivity index (χ1n) is 5.49. The molecule has 0 saturated carbocycles. The van der Waals surface area contributed by atoms with Gasteiger partial charge >= 0.3 is 0 Å². The lowest BCUT2D eigenvalue weighted by molar-refractivity contribution is -0.384. The number of aryl methyl sites for hydroxylation is 1. The fourth-order valence-electron chi connectivity index (χ4n) is 1.43. The highest BCUT2D eigenvalue weighted by molar-refractivity contribution is 7.09. The van der Waals surface area contributed by atoms with Gasteiger partial charge in [-0.2, -0.15) is 4.37 Å². The van der Waals surface area contributed by atoms with Crippen molar-refractivity contribution in [2.45, 2.75) is 19.9 Å². The van der Waals surface area contributed by atoms with Gasteiger partial charge in [0, 0.05) is 36.6 Å². The number of aromatic nitrogens is 2. The van der Waals surface area contributed by atoms with E-state index in [9.17, 15) is 10.1 Å². The number of hydrogen-bond donors (Lipinski definition) is 1. The zero-order chi connectivity index (χ0) is 13.0. The summed E-state index contributed by atoms with van der Waals surface area (Å²) >= 11 is 1.30. The third-order valence-electron chi connectivity index (χ3n) is 2.35. The molecule has 0 aliphatic heterocycles. The van der Waals surface area contributed by atoms with Crippen LogP contribution >= 0.6 is 11.5 Å². The van der Waals surface area contributed by atoms with Crippen molar-refractivity contribution in [3.05, 3.63) is 45.8 Å². The Bertz CT molecular complexity index is 555. The van der Waals surface area contributed by atoms with Gasteiger partial charge in [-0.05, 0) is 5.56 Å². The molecule has 6 nitrogen and oxygen atoms in total. The fourth-order valence-corrected chi connectivity index (χ4v) is 2.07. The lowest BCUT2D eigenvalue weighted by Gasteiger charge is -2.01. The molecular weight excluding hydrogens is 252 g/mol. The summed E-state index contributed by atoms with van der Waals surface area (Å²) in [7, 11) is 0. The monoisotopic (exact) mass is 264 g/mol. The molecule has 1 aromatic carbocycles. The maximum Gasteiger partial charge on any atom is 0.269 e. The van der Waals surface area contributed by atoms with Crippen LogP contribution in [0.25, 0.3) is 0 Å². The average molecular weight is 264 g/mol. The maximum atomic E-state index is 10.6. The second-order valence-corrected chi connectivity index (χ2v) is 4.40. The van der Waals surface area contributed by atoms with E-state index in [1.54, 1.807) is 12.1 Å². The molecule has 0 fully saturated rings. The Balaban J connectivity index is 2.01. The molecule has 2 aromatic rings. The molecule has 18 heavy (non-hydrogen) atoms. The Kier molecular flexibility index (Phi) is 3.83. The van der Waals surface area contributed by atoms with Crippen LogP contribution in [0.15, 0.2) is 24.3 Å². The molecule has 0 unspecified atom stereocenters. The first-order valence-corrected chi connectivity index (χ1v) is 6.26. The van der Waals surface area contributed by atoms with Gasteiger partial charge in [0.2, 0.25) is 5.13 Å². The Hall–Kier alpha value is -2.02. The minimum absolute atomic E-state index is 0.0980. The van der Waals surface area contributed by atoms with Gasteiger partial charge in [0.25, 0.3) is 5.69 Å². The third-order valence-corrected chi connectivity index (χ3v) is 3.06. The Labute approximate surface area is 108 Å². The van der Waals surface area contributed by atoms with E-state index >= 15 is 0 Å². The summed E-state index contributed by atoms with van der Waals surface area (Å²) < 4.78 is 4.15. The van der Waals surface area contributed by atoms with Gasteiger partial charge in [-0.25, -0.2) is 4.98 Å². The molecule has 1 heterocycles. The van der Waals surface area contributed by atoms with Crippen molar-refractivity contribution in [2.75, 3.05) is 5.32 Å². The number of anilines is 1. The average Bonchev–Trinajstić information content (AvgIpc) is 2.84. The molecule has 1 aromatic heterocycles. The molecule has 0 amide bonds. The van der Waals surface area contributed by atoms with Gasteiger partial charge in [0.15, 0.2) is 0 Å². The second-order valence-electron chi connectivity index (χ2n) is 3.65. The Morgan fingerprint density at radius 2 is 2.33 bits per heavy atom. The zero-order valence-electron chi connectivity index (χ0n) is 9.79. The molecule has 0 spiro atoms. The number of nitrogens with zero attached hydrogens (tertiary/aromatic N) is 3. The molecule has 0 aliphatic carbocycles. The van der Waals surface area contributed by atoms with Crippen LogP contribution < -0.4 is 5.32 Å². The topological polar surface area (TPSA) is 81.0 Å². The van der Waals surface area contributed by atoms with Crippen LogP contribution in [0.3, 0.4) is 0 Å². The minimum atomic E-state index is -0.399. The van der Waals surface area contributed by atoms with E-state index in [1.165, 1.54) is 17.6 Å². The second kappa shape index (κ2) is 5.54. The van der Waals surface area contributed by atoms with Gasteiger partial charge in [0.1, 0.15) is 5.82 Å². The van der Waals surface area contributed by atoms with Crippen LogP contribution in [0.4, 0.5) is 10.8 Å². The van der Waals surface area contributed by atoms with Crippen LogP contribution in [-0.2, 0) is 13.0 Å². The van der Waals surface area contributed by atoms with Crippen LogP contribution in [0, 0.1) is 10.1 Å². The van der Waals surface area contributed by atoms with Crippen molar-refractivity contribution in [3.63, 3.8) is 0 Å². The summed E-state index contributed by atoms with van der Waals surface area (Å²) in [6, 6.07) is 6.53. The zero-order valence-corrected chi connectivity index (χ0v) is 10.6. The molecule has 7 heteroatoms. The molecule has 2 rings (SSSR count). The van der Waals surface area contributed by atoms with Gasteiger partial charge in [-0.15, -0.1) is 0 Å². The normalized spacial score (nSPS) is 10.3. The molecule has 0 atom stereocenters. The van der Waals surface area contributed by atoms with E-state index in [2.05, 4.69) is 14.7 Å². The molecule has 0 radical (unpaired) electrons. The fraction of sp³-hybridized carbons (Fsp3) is 0.273. The summed E-state index contributed by atoms with van der Waals surface area (Å²) in [6.45, 7) is 2.49. The van der Waals surface area contributed by atoms with E-state index in [0.29, 0.717) is 6.54 Å². The number of nitrogens with one attached hydrogen (secondary N) is 1. The largest absolute Gasteiger partial charge is 0.356 e. The van der Waals surface area contributed by atoms with Crippen LogP contribution in [0.1, 0.15) is 18.3 Å². The summed E-state index contributed by atoms with van der Waals surface area (Å²) in [6.07, 6.45) is 0.801. The number of rotatable bonds is 5. The van der Waals surface area contributed by atoms with Gasteiger partial charge in [-0.1, -0.05) is 19.1 Å². The van der Waals surface area contributed by atoms with Crippen LogP contribution in [0.2, 0.25) is 0 Å². The van der Waals surface area contributed by atoms with E-state index < -0.39 is 4.92 Å². The number of non-ortho nitro benzene ring substituents is 1. The predicted molar refractivity (Wildman–Crippen MR) is 69.7 cm³/mol. The number of nitro benzene ring substituents is 1. The van der Waals surface area contributed by atoms with Gasteiger partial charge in [-0.3, -0.25) is 10.1 Å². The minimum Gasteiger partial charge on any atom is -0.356 e. The highest BCUT2D eigenvalue weighted by Gasteiger charge is 2.06. The first-order chi connectivity index (χ1) is 8.69. The molecule has 0 saturated heterocycles. The van der Waals surface area contributed by atoms with Crippen molar-refractivity contribution >= 4 is 22.4 Å². The summed E-state index contributed by atoms with van der Waals surface area (Å²) in [5.41, 5.74) is 0.943. The van der Waals surface area contributed by atoms with Crippen molar-refractivity contribution < 1.29 is 4.92 Å². The van der Waals surface area contributed by atoms with Crippen LogP contribution in [-0.4, -0.2) is 14.3 Å². The summed E-state index contributed by atoms with van der Waals surface area (Å²) in [5.74, 6) is 0.807. The lowest BCUT2D eigenvalue weighted by atomic mass is 10.2. The van der Waals surface area contributed by atoms with Crippen LogP contribution in [0.5, 0.6) is 0 Å². The van der Waals surface area contributed by atoms with Crippen molar-refractivity contribution in [1.82, 2.24) is 9.36 Å². The Morgan fingerprint density at radius 3 is 3.00 bits per heavy atom. The van der Waals surface area contributed by atoms with Crippen molar-refractivity contribution in [2.24, 2.45) is 0 Å². The van der Waals surface area contributed by atoms with Crippen molar-refractivity contribution in [1.29, 1.82) is 0 Å². The van der Waals surface area contributed by atoms with E-state index in [-0.39, 0.29) is 5.69 Å². The molecule has 0 bridgehead atoms. The van der Waals surface area contributed by atoms with E-state index in [0.717, 1.165) is 22.9 Å². The number of hydrogen-bond acceptors (Lipinski definition) is 6. The summed E-state index contributed by atoms with van der Waals surface area (Å²) in [4.78, 5) is 14.5. The number of nitro groups is 1. The standard InChI is InChI=1S/C11H12N4O2S/c1-2-10-13-11(18-14-10)12-7-8-4-3-5-9(6-8)15(16)17/h3-6H,2,7H2,1H3,(H,12,13,14). The van der Waals surface area contributed by atoms with Gasteiger partial charge < -0.3 is 5.32 Å². The predicted octanol–water partition coefficient (Wildman–Crippen LogP) is 2.62. The quantitative estimate of drug-likeness (QED) is 0.663. The molecular formula is C11H12N4O2S. The molecule has 0 aliphatic rings. The highest BCUT2D eigenvalue weighted by atomic mass is 32.1. The van der Waals surface area contributed by atoms with E-state index in [1.807, 2.05) is 13.0 Å². The Morgan fingerprint density at radius 1 is 1.50 bits per heavy atom. The van der Waals surface area contributed by atoms with Gasteiger partial charge in [0.05, 0.1) is 4.92 Å². The third kappa shape index (κ3) is 3.01. The first kappa shape index (κ1) is 12.4. The van der Waals surface area contributed by atoms with Crippen molar-refractivity contribution in [3.8, 4) is 0 Å². The highest BCUT2D eigenvalue weighted by Crippen LogP contribution is 2.16. The molecule has 1 N–H and O–H groups in total. The van der Waals surface area contributed by atoms with E-state index in [4.69, 9.17) is 0 Å². The number of benzene rings is 1. The molecule has 94 valence electrons. The smallest absolute Gasteiger partial charge is 0.269 e. The maximum absolute atomic E-state index is 10.6.